The predicted octanol–water partition coefficient (Wildman–Crippen LogP) is 1.73. The standard InChI is InChI=1S/C13H28N2O/c1-5-12(4)13-10-15(7-6-14-13)8-9-16-11(2)3/h11-14H,5-10H2,1-4H3. The summed E-state index contributed by atoms with van der Waals surface area (Å²) in [6.07, 6.45) is 1.61. The van der Waals surface area contributed by atoms with Gasteiger partial charge in [0.15, 0.2) is 0 Å². The van der Waals surface area contributed by atoms with Gasteiger partial charge in [0.2, 0.25) is 0 Å². The Labute approximate surface area is 101 Å². The molecule has 0 amide bonds. The molecule has 1 aliphatic rings. The van der Waals surface area contributed by atoms with Crippen LogP contribution in [0.3, 0.4) is 0 Å². The smallest absolute Gasteiger partial charge is 0.0596 e. The lowest BCUT2D eigenvalue weighted by atomic mass is 9.97. The Morgan fingerprint density at radius 2 is 2.12 bits per heavy atom. The molecule has 0 aromatic rings. The molecule has 0 saturated carbocycles. The zero-order chi connectivity index (χ0) is 12.0. The maximum atomic E-state index is 5.60. The van der Waals surface area contributed by atoms with Crippen LogP contribution in [0, 0.1) is 5.92 Å². The molecule has 1 rings (SSSR count). The van der Waals surface area contributed by atoms with Gasteiger partial charge in [-0.05, 0) is 19.8 Å². The second-order valence-corrected chi connectivity index (χ2v) is 5.17. The van der Waals surface area contributed by atoms with Crippen molar-refractivity contribution < 1.29 is 4.74 Å². The van der Waals surface area contributed by atoms with Crippen LogP contribution < -0.4 is 5.32 Å². The number of hydrogen-bond acceptors (Lipinski definition) is 3. The molecule has 2 atom stereocenters. The Bertz CT molecular complexity index is 185. The minimum Gasteiger partial charge on any atom is -0.377 e. The average molecular weight is 228 g/mol. The first-order chi connectivity index (χ1) is 7.63. The third kappa shape index (κ3) is 4.81. The highest BCUT2D eigenvalue weighted by Gasteiger charge is 2.22. The third-order valence-electron chi connectivity index (χ3n) is 3.48. The molecule has 0 radical (unpaired) electrons. The lowest BCUT2D eigenvalue weighted by Gasteiger charge is -2.36. The Morgan fingerprint density at radius 1 is 1.38 bits per heavy atom. The second kappa shape index (κ2) is 7.25. The molecular weight excluding hydrogens is 200 g/mol. The van der Waals surface area contributed by atoms with Crippen molar-refractivity contribution in [3.8, 4) is 0 Å². The summed E-state index contributed by atoms with van der Waals surface area (Å²) in [5.41, 5.74) is 0. The quantitative estimate of drug-likeness (QED) is 0.749. The Kier molecular flexibility index (Phi) is 6.32. The fourth-order valence-corrected chi connectivity index (χ4v) is 2.13. The van der Waals surface area contributed by atoms with Crippen molar-refractivity contribution >= 4 is 0 Å². The molecule has 0 spiro atoms. The van der Waals surface area contributed by atoms with E-state index in [4.69, 9.17) is 4.74 Å². The van der Waals surface area contributed by atoms with Crippen LogP contribution in [0.1, 0.15) is 34.1 Å². The topological polar surface area (TPSA) is 24.5 Å². The van der Waals surface area contributed by atoms with Crippen LogP contribution in [-0.4, -0.2) is 49.8 Å². The summed E-state index contributed by atoms with van der Waals surface area (Å²) in [6, 6.07) is 0.665. The van der Waals surface area contributed by atoms with Crippen molar-refractivity contribution in [2.45, 2.75) is 46.3 Å². The van der Waals surface area contributed by atoms with E-state index in [9.17, 15) is 0 Å². The Morgan fingerprint density at radius 3 is 2.75 bits per heavy atom. The summed E-state index contributed by atoms with van der Waals surface area (Å²) in [6.45, 7) is 14.2. The van der Waals surface area contributed by atoms with E-state index >= 15 is 0 Å². The number of piperazine rings is 1. The predicted molar refractivity (Wildman–Crippen MR) is 68.8 cm³/mol. The molecule has 0 bridgehead atoms. The zero-order valence-electron chi connectivity index (χ0n) is 11.3. The average Bonchev–Trinajstić information content (AvgIpc) is 2.28. The third-order valence-corrected chi connectivity index (χ3v) is 3.48. The van der Waals surface area contributed by atoms with Gasteiger partial charge in [0.25, 0.3) is 0 Å². The Hall–Kier alpha value is -0.120. The first kappa shape index (κ1) is 13.9. The monoisotopic (exact) mass is 228 g/mol. The van der Waals surface area contributed by atoms with Crippen molar-refractivity contribution in [1.82, 2.24) is 10.2 Å². The van der Waals surface area contributed by atoms with Gasteiger partial charge < -0.3 is 10.1 Å². The molecule has 0 aliphatic carbocycles. The van der Waals surface area contributed by atoms with Gasteiger partial charge in [-0.2, -0.15) is 0 Å². The zero-order valence-corrected chi connectivity index (χ0v) is 11.3. The molecule has 2 unspecified atom stereocenters. The van der Waals surface area contributed by atoms with Gasteiger partial charge in [0.1, 0.15) is 0 Å². The highest BCUT2D eigenvalue weighted by Crippen LogP contribution is 2.11. The number of nitrogens with zero attached hydrogens (tertiary/aromatic N) is 1. The van der Waals surface area contributed by atoms with Gasteiger partial charge in [0.05, 0.1) is 12.7 Å². The van der Waals surface area contributed by atoms with E-state index in [0.717, 1.165) is 32.2 Å². The summed E-state index contributed by atoms with van der Waals surface area (Å²) in [5.74, 6) is 0.772. The largest absolute Gasteiger partial charge is 0.377 e. The molecule has 96 valence electrons. The summed E-state index contributed by atoms with van der Waals surface area (Å²) < 4.78 is 5.60. The highest BCUT2D eigenvalue weighted by atomic mass is 16.5. The van der Waals surface area contributed by atoms with Crippen LogP contribution in [0.15, 0.2) is 0 Å². The lowest BCUT2D eigenvalue weighted by Crippen LogP contribution is -2.53. The number of nitrogens with one attached hydrogen (secondary N) is 1. The van der Waals surface area contributed by atoms with Crippen LogP contribution in [0.2, 0.25) is 0 Å². The summed E-state index contributed by atoms with van der Waals surface area (Å²) in [7, 11) is 0. The van der Waals surface area contributed by atoms with E-state index < -0.39 is 0 Å². The lowest BCUT2D eigenvalue weighted by molar-refractivity contribution is 0.0496. The van der Waals surface area contributed by atoms with Gasteiger partial charge in [-0.1, -0.05) is 20.3 Å². The van der Waals surface area contributed by atoms with E-state index in [1.54, 1.807) is 0 Å². The summed E-state index contributed by atoms with van der Waals surface area (Å²) in [5, 5.41) is 3.62. The molecule has 16 heavy (non-hydrogen) atoms. The molecule has 1 saturated heterocycles. The number of ether oxygens (including phenoxy) is 1. The van der Waals surface area contributed by atoms with Crippen LogP contribution in [0.5, 0.6) is 0 Å². The fourth-order valence-electron chi connectivity index (χ4n) is 2.13. The normalized spacial score (nSPS) is 24.9. The number of rotatable bonds is 6. The van der Waals surface area contributed by atoms with Gasteiger partial charge >= 0.3 is 0 Å². The Balaban J connectivity index is 2.22. The van der Waals surface area contributed by atoms with E-state index in [1.165, 1.54) is 13.0 Å². The van der Waals surface area contributed by atoms with Crippen molar-refractivity contribution in [1.29, 1.82) is 0 Å². The van der Waals surface area contributed by atoms with E-state index in [-0.39, 0.29) is 0 Å². The summed E-state index contributed by atoms with van der Waals surface area (Å²) >= 11 is 0. The fraction of sp³-hybridized carbons (Fsp3) is 1.00. The molecule has 1 N–H and O–H groups in total. The molecule has 1 fully saturated rings. The molecule has 3 nitrogen and oxygen atoms in total. The van der Waals surface area contributed by atoms with E-state index in [1.807, 2.05) is 0 Å². The van der Waals surface area contributed by atoms with Gasteiger partial charge in [-0.3, -0.25) is 4.90 Å². The second-order valence-electron chi connectivity index (χ2n) is 5.17. The van der Waals surface area contributed by atoms with Crippen molar-refractivity contribution in [3.63, 3.8) is 0 Å². The molecule has 3 heteroatoms. The molecular formula is C13H28N2O. The SMILES string of the molecule is CCC(C)C1CN(CCOC(C)C)CCN1. The first-order valence-corrected chi connectivity index (χ1v) is 6.70. The van der Waals surface area contributed by atoms with E-state index in [0.29, 0.717) is 12.1 Å². The van der Waals surface area contributed by atoms with Gasteiger partial charge in [-0.15, -0.1) is 0 Å². The van der Waals surface area contributed by atoms with Crippen molar-refractivity contribution in [2.24, 2.45) is 5.92 Å². The minimum absolute atomic E-state index is 0.355. The maximum absolute atomic E-state index is 5.60. The van der Waals surface area contributed by atoms with Gasteiger partial charge in [0, 0.05) is 32.2 Å². The van der Waals surface area contributed by atoms with Crippen LogP contribution in [0.4, 0.5) is 0 Å². The number of hydrogen-bond donors (Lipinski definition) is 1. The molecule has 1 aliphatic heterocycles. The molecule has 0 aromatic carbocycles. The van der Waals surface area contributed by atoms with Gasteiger partial charge in [-0.25, -0.2) is 0 Å². The van der Waals surface area contributed by atoms with E-state index in [2.05, 4.69) is 37.9 Å². The van der Waals surface area contributed by atoms with Crippen LogP contribution in [-0.2, 0) is 4.74 Å². The first-order valence-electron chi connectivity index (χ1n) is 6.70. The molecule has 1 heterocycles. The van der Waals surface area contributed by atoms with Crippen molar-refractivity contribution in [2.75, 3.05) is 32.8 Å². The molecule has 0 aromatic heterocycles. The van der Waals surface area contributed by atoms with Crippen molar-refractivity contribution in [3.05, 3.63) is 0 Å². The van der Waals surface area contributed by atoms with Crippen LogP contribution >= 0.6 is 0 Å². The maximum Gasteiger partial charge on any atom is 0.0596 e. The minimum atomic E-state index is 0.355. The highest BCUT2D eigenvalue weighted by molar-refractivity contribution is 4.81. The van der Waals surface area contributed by atoms with Crippen LogP contribution in [0.25, 0.3) is 0 Å². The summed E-state index contributed by atoms with van der Waals surface area (Å²) in [4.78, 5) is 2.52.